The van der Waals surface area contributed by atoms with Gasteiger partial charge < -0.3 is 14.2 Å². The van der Waals surface area contributed by atoms with Gasteiger partial charge in [0.1, 0.15) is 11.5 Å². The van der Waals surface area contributed by atoms with Gasteiger partial charge in [-0.25, -0.2) is 4.79 Å². The van der Waals surface area contributed by atoms with E-state index in [9.17, 15) is 9.59 Å². The molecule has 0 fully saturated rings. The lowest BCUT2D eigenvalue weighted by Gasteiger charge is -2.13. The molecule has 0 saturated heterocycles. The number of benzene rings is 3. The first-order valence-corrected chi connectivity index (χ1v) is 10.1. The first-order valence-electron chi connectivity index (χ1n) is 10.1. The van der Waals surface area contributed by atoms with Crippen LogP contribution < -0.4 is 9.47 Å². The molecule has 1 aliphatic rings. The molecule has 156 valence electrons. The fourth-order valence-corrected chi connectivity index (χ4v) is 3.31. The molecule has 5 nitrogen and oxygen atoms in total. The molecule has 0 saturated carbocycles. The number of ether oxygens (including phenoxy) is 3. The molecule has 0 aliphatic carbocycles. The fraction of sp³-hybridized carbons (Fsp3) is 0.154. The third kappa shape index (κ3) is 4.51. The van der Waals surface area contributed by atoms with Crippen LogP contribution in [0.25, 0.3) is 17.2 Å². The van der Waals surface area contributed by atoms with E-state index in [0.29, 0.717) is 17.1 Å². The summed E-state index contributed by atoms with van der Waals surface area (Å²) in [7, 11) is 0. The highest BCUT2D eigenvalue weighted by Crippen LogP contribution is 2.35. The summed E-state index contributed by atoms with van der Waals surface area (Å²) >= 11 is 0. The number of rotatable bonds is 6. The van der Waals surface area contributed by atoms with Crippen LogP contribution >= 0.6 is 0 Å². The van der Waals surface area contributed by atoms with Gasteiger partial charge in [0.15, 0.2) is 11.9 Å². The maximum absolute atomic E-state index is 12.7. The number of fused-ring (bicyclic) bond motifs is 1. The second kappa shape index (κ2) is 8.88. The Balaban J connectivity index is 1.50. The molecule has 4 rings (SSSR count). The molecule has 3 aromatic carbocycles. The highest BCUT2D eigenvalue weighted by atomic mass is 16.6. The number of allylic oxidation sites excluding steroid dienone is 1. The van der Waals surface area contributed by atoms with E-state index in [4.69, 9.17) is 14.2 Å². The molecule has 1 aliphatic heterocycles. The van der Waals surface area contributed by atoms with E-state index in [2.05, 4.69) is 12.1 Å². The van der Waals surface area contributed by atoms with Crippen LogP contribution in [0.5, 0.6) is 11.5 Å². The first-order chi connectivity index (χ1) is 15.0. The molecular formula is C26H22O5. The van der Waals surface area contributed by atoms with Crippen molar-refractivity contribution in [1.29, 1.82) is 0 Å². The Kier molecular flexibility index (Phi) is 5.85. The zero-order valence-electron chi connectivity index (χ0n) is 17.3. The molecule has 31 heavy (non-hydrogen) atoms. The first kappa shape index (κ1) is 20.4. The zero-order chi connectivity index (χ0) is 21.8. The van der Waals surface area contributed by atoms with Crippen LogP contribution in [0.15, 0.2) is 78.6 Å². The molecule has 0 aromatic heterocycles. The van der Waals surface area contributed by atoms with Crippen LogP contribution in [0.3, 0.4) is 0 Å². The summed E-state index contributed by atoms with van der Waals surface area (Å²) in [5, 5.41) is 0. The summed E-state index contributed by atoms with van der Waals surface area (Å²) in [5.41, 5.74) is 3.56. The van der Waals surface area contributed by atoms with Crippen LogP contribution in [-0.4, -0.2) is 24.5 Å². The fourth-order valence-electron chi connectivity index (χ4n) is 3.31. The van der Waals surface area contributed by atoms with Gasteiger partial charge in [0.25, 0.3) is 0 Å². The number of carbonyl (C=O) groups is 2. The van der Waals surface area contributed by atoms with E-state index in [-0.39, 0.29) is 18.1 Å². The number of carbonyl (C=O) groups excluding carboxylic acids is 2. The average molecular weight is 414 g/mol. The summed E-state index contributed by atoms with van der Waals surface area (Å²) < 4.78 is 16.3. The minimum Gasteiger partial charge on any atom is -0.479 e. The second-order valence-electron chi connectivity index (χ2n) is 7.10. The molecule has 5 heteroatoms. The Morgan fingerprint density at radius 1 is 1.00 bits per heavy atom. The van der Waals surface area contributed by atoms with E-state index in [0.717, 1.165) is 16.7 Å². The van der Waals surface area contributed by atoms with Gasteiger partial charge >= 0.3 is 5.97 Å². The van der Waals surface area contributed by atoms with Crippen molar-refractivity contribution < 1.29 is 23.8 Å². The van der Waals surface area contributed by atoms with Gasteiger partial charge in [0, 0.05) is 6.07 Å². The van der Waals surface area contributed by atoms with Crippen molar-refractivity contribution >= 4 is 17.8 Å². The zero-order valence-corrected chi connectivity index (χ0v) is 17.3. The number of ketones is 1. The number of Topliss-reactive ketones (excluding diaryl/α,β-unsaturated/α-hetero) is 1. The van der Waals surface area contributed by atoms with Gasteiger partial charge in [0.2, 0.25) is 5.78 Å². The molecule has 1 heterocycles. The van der Waals surface area contributed by atoms with Crippen molar-refractivity contribution in [1.82, 2.24) is 0 Å². The quantitative estimate of drug-likeness (QED) is 0.405. The predicted molar refractivity (Wildman–Crippen MR) is 118 cm³/mol. The minimum absolute atomic E-state index is 0.188. The highest BCUT2D eigenvalue weighted by molar-refractivity contribution is 6.14. The lowest BCUT2D eigenvalue weighted by Crippen LogP contribution is -2.26. The van der Waals surface area contributed by atoms with Gasteiger partial charge in [-0.3, -0.25) is 4.79 Å². The average Bonchev–Trinajstić information content (AvgIpc) is 3.09. The molecule has 3 aromatic rings. The van der Waals surface area contributed by atoms with Crippen LogP contribution in [0.1, 0.15) is 29.8 Å². The van der Waals surface area contributed by atoms with Crippen molar-refractivity contribution in [3.8, 4) is 22.6 Å². The maximum atomic E-state index is 12.7. The lowest BCUT2D eigenvalue weighted by atomic mass is 10.0. The van der Waals surface area contributed by atoms with Crippen LogP contribution in [0.2, 0.25) is 0 Å². The maximum Gasteiger partial charge on any atom is 0.347 e. The highest BCUT2D eigenvalue weighted by Gasteiger charge is 2.28. The number of esters is 1. The predicted octanol–water partition coefficient (Wildman–Crippen LogP) is 5.30. The Morgan fingerprint density at radius 2 is 1.71 bits per heavy atom. The second-order valence-corrected chi connectivity index (χ2v) is 7.10. The van der Waals surface area contributed by atoms with Crippen molar-refractivity contribution in [3.63, 3.8) is 0 Å². The smallest absolute Gasteiger partial charge is 0.347 e. The summed E-state index contributed by atoms with van der Waals surface area (Å²) in [6.07, 6.45) is 0.965. The van der Waals surface area contributed by atoms with E-state index in [1.807, 2.05) is 42.5 Å². The van der Waals surface area contributed by atoms with Crippen molar-refractivity contribution in [2.45, 2.75) is 20.0 Å². The largest absolute Gasteiger partial charge is 0.479 e. The molecule has 0 bridgehead atoms. The van der Waals surface area contributed by atoms with E-state index >= 15 is 0 Å². The molecule has 0 radical (unpaired) electrons. The van der Waals surface area contributed by atoms with Gasteiger partial charge in [-0.1, -0.05) is 54.6 Å². The molecule has 0 unspecified atom stereocenters. The summed E-state index contributed by atoms with van der Waals surface area (Å²) in [5.74, 6) is 0.455. The van der Waals surface area contributed by atoms with Crippen molar-refractivity contribution in [3.05, 3.63) is 89.7 Å². The van der Waals surface area contributed by atoms with Crippen molar-refractivity contribution in [2.75, 3.05) is 6.61 Å². The van der Waals surface area contributed by atoms with Crippen LogP contribution in [-0.2, 0) is 9.53 Å². The lowest BCUT2D eigenvalue weighted by molar-refractivity contribution is -0.150. The molecule has 0 spiro atoms. The number of hydrogen-bond donors (Lipinski definition) is 0. The Hall–Kier alpha value is -3.86. The van der Waals surface area contributed by atoms with Gasteiger partial charge in [-0.05, 0) is 48.7 Å². The molecular weight excluding hydrogens is 392 g/mol. The van der Waals surface area contributed by atoms with Crippen molar-refractivity contribution in [2.24, 2.45) is 0 Å². The summed E-state index contributed by atoms with van der Waals surface area (Å²) in [6, 6.07) is 22.9. The molecule has 0 N–H and O–H groups in total. The normalized spacial score (nSPS) is 14.6. The third-order valence-electron chi connectivity index (χ3n) is 4.89. The Labute approximate surface area is 180 Å². The van der Waals surface area contributed by atoms with Crippen LogP contribution in [0.4, 0.5) is 0 Å². The van der Waals surface area contributed by atoms with Crippen LogP contribution in [0, 0.1) is 0 Å². The third-order valence-corrected chi connectivity index (χ3v) is 4.89. The Bertz CT molecular complexity index is 1130. The van der Waals surface area contributed by atoms with Gasteiger partial charge in [0.05, 0.1) is 12.2 Å². The van der Waals surface area contributed by atoms with E-state index < -0.39 is 12.1 Å². The summed E-state index contributed by atoms with van der Waals surface area (Å²) in [4.78, 5) is 24.5. The standard InChI is InChI=1S/C26H22O5/c1-3-29-26(28)17(2)30-21-13-14-22-23(16-21)31-24(25(22)27)15-18-9-11-20(12-10-18)19-7-5-4-6-8-19/h4-17H,3H2,1-2H3/b24-15-/t17-/m0/s1. The molecule has 1 atom stereocenters. The monoisotopic (exact) mass is 414 g/mol. The number of hydrogen-bond acceptors (Lipinski definition) is 5. The van der Waals surface area contributed by atoms with E-state index in [1.165, 1.54) is 0 Å². The van der Waals surface area contributed by atoms with Gasteiger partial charge in [-0.15, -0.1) is 0 Å². The minimum atomic E-state index is -0.756. The van der Waals surface area contributed by atoms with Gasteiger partial charge in [-0.2, -0.15) is 0 Å². The Morgan fingerprint density at radius 3 is 2.42 bits per heavy atom. The summed E-state index contributed by atoms with van der Waals surface area (Å²) in [6.45, 7) is 3.64. The SMILES string of the molecule is CCOC(=O)[C@H](C)Oc1ccc2c(c1)O/C(=C\c1ccc(-c3ccccc3)cc1)C2=O. The topological polar surface area (TPSA) is 61.8 Å². The molecule has 0 amide bonds. The van der Waals surface area contributed by atoms with E-state index in [1.54, 1.807) is 38.1 Å².